The van der Waals surface area contributed by atoms with Gasteiger partial charge in [0.05, 0.1) is 16.8 Å². The number of anilines is 2. The Morgan fingerprint density at radius 3 is 3.00 bits per heavy atom. The van der Waals surface area contributed by atoms with E-state index in [4.69, 9.17) is 11.6 Å². The molecule has 0 unspecified atom stereocenters. The molecule has 0 saturated carbocycles. The number of hydrogen-bond donors (Lipinski definition) is 2. The van der Waals surface area contributed by atoms with Crippen LogP contribution >= 0.6 is 11.6 Å². The van der Waals surface area contributed by atoms with Crippen molar-refractivity contribution in [3.05, 3.63) is 58.9 Å². The Morgan fingerprint density at radius 2 is 2.19 bits per heavy atom. The third-order valence-corrected chi connectivity index (χ3v) is 5.26. The van der Waals surface area contributed by atoms with Crippen LogP contribution in [0.3, 0.4) is 0 Å². The minimum atomic E-state index is -0.206. The number of fused-ring (bicyclic) bond motifs is 1. The van der Waals surface area contributed by atoms with Gasteiger partial charge < -0.3 is 10.4 Å². The molecule has 5 nitrogen and oxygen atoms in total. The van der Waals surface area contributed by atoms with Gasteiger partial charge in [-0.25, -0.2) is 4.98 Å². The van der Waals surface area contributed by atoms with Gasteiger partial charge >= 0.3 is 0 Å². The predicted octanol–water partition coefficient (Wildman–Crippen LogP) is 3.90. The summed E-state index contributed by atoms with van der Waals surface area (Å²) in [7, 11) is 0. The van der Waals surface area contributed by atoms with Crippen LogP contribution in [0, 0.1) is 6.92 Å². The predicted molar refractivity (Wildman–Crippen MR) is 105 cm³/mol. The van der Waals surface area contributed by atoms with Gasteiger partial charge in [0.15, 0.2) is 5.82 Å². The highest BCUT2D eigenvalue weighted by Gasteiger charge is 2.20. The molecule has 4 rings (SSSR count). The van der Waals surface area contributed by atoms with Gasteiger partial charge in [-0.15, -0.1) is 0 Å². The van der Waals surface area contributed by atoms with Gasteiger partial charge in [0.1, 0.15) is 5.52 Å². The molecule has 1 aromatic carbocycles. The number of halogens is 1. The molecule has 1 fully saturated rings. The second kappa shape index (κ2) is 7.19. The first-order valence-corrected chi connectivity index (χ1v) is 9.14. The van der Waals surface area contributed by atoms with Crippen LogP contribution in [-0.4, -0.2) is 39.2 Å². The van der Waals surface area contributed by atoms with Gasteiger partial charge in [-0.2, -0.15) is 0 Å². The number of nitrogens with zero attached hydrogens (tertiary/aromatic N) is 3. The summed E-state index contributed by atoms with van der Waals surface area (Å²) in [5, 5.41) is 14.7. The molecular weight excluding hydrogens is 348 g/mol. The summed E-state index contributed by atoms with van der Waals surface area (Å²) in [4.78, 5) is 11.3. The highest BCUT2D eigenvalue weighted by Crippen LogP contribution is 2.30. The number of aliphatic hydroxyl groups is 1. The molecule has 26 heavy (non-hydrogen) atoms. The van der Waals surface area contributed by atoms with Crippen LogP contribution in [0.1, 0.15) is 17.5 Å². The van der Waals surface area contributed by atoms with Gasteiger partial charge in [-0.3, -0.25) is 9.88 Å². The second-order valence-electron chi connectivity index (χ2n) is 6.81. The maximum Gasteiger partial charge on any atom is 0.156 e. The molecule has 0 amide bonds. The van der Waals surface area contributed by atoms with Gasteiger partial charge in [-0.1, -0.05) is 23.7 Å². The van der Waals surface area contributed by atoms with Crippen LogP contribution in [-0.2, 0) is 6.54 Å². The number of likely N-dealkylation sites (tertiary alicyclic amines) is 1. The van der Waals surface area contributed by atoms with E-state index < -0.39 is 0 Å². The Morgan fingerprint density at radius 1 is 1.31 bits per heavy atom. The molecule has 3 heterocycles. The fourth-order valence-electron chi connectivity index (χ4n) is 3.37. The van der Waals surface area contributed by atoms with E-state index in [1.54, 1.807) is 6.20 Å². The van der Waals surface area contributed by atoms with Crippen LogP contribution in [0.25, 0.3) is 10.9 Å². The zero-order chi connectivity index (χ0) is 18.1. The quantitative estimate of drug-likeness (QED) is 0.731. The summed E-state index contributed by atoms with van der Waals surface area (Å²) in [5.74, 6) is 0.693. The molecule has 1 atom stereocenters. The van der Waals surface area contributed by atoms with E-state index in [0.29, 0.717) is 10.8 Å². The first-order valence-electron chi connectivity index (χ1n) is 8.76. The Bertz CT molecular complexity index is 946. The smallest absolute Gasteiger partial charge is 0.156 e. The summed E-state index contributed by atoms with van der Waals surface area (Å²) in [5.41, 5.74) is 3.79. The average molecular weight is 369 g/mol. The number of β-amino-alcohol motifs (C(OH)–C–C–N with tert-alkyl or cyclic N) is 1. The van der Waals surface area contributed by atoms with Gasteiger partial charge in [0.2, 0.25) is 0 Å². The third kappa shape index (κ3) is 3.51. The summed E-state index contributed by atoms with van der Waals surface area (Å²) in [6.07, 6.45) is 4.30. The average Bonchev–Trinajstić information content (AvgIpc) is 3.04. The maximum absolute atomic E-state index is 9.68. The van der Waals surface area contributed by atoms with Crippen LogP contribution < -0.4 is 5.32 Å². The van der Waals surface area contributed by atoms with E-state index in [2.05, 4.69) is 26.3 Å². The first-order chi connectivity index (χ1) is 12.6. The SMILES string of the molecule is Cc1cccc(Nc2nccc3cc(CN4CC[C@@H](O)C4)cnc23)c1Cl. The topological polar surface area (TPSA) is 61.3 Å². The van der Waals surface area contributed by atoms with Crippen molar-refractivity contribution >= 4 is 34.0 Å². The minimum absolute atomic E-state index is 0.206. The van der Waals surface area contributed by atoms with Gasteiger partial charge in [0.25, 0.3) is 0 Å². The van der Waals surface area contributed by atoms with Crippen molar-refractivity contribution in [1.82, 2.24) is 14.9 Å². The number of aliphatic hydroxyl groups excluding tert-OH is 1. The lowest BCUT2D eigenvalue weighted by atomic mass is 10.1. The molecule has 134 valence electrons. The van der Waals surface area contributed by atoms with Crippen LogP contribution in [0.4, 0.5) is 11.5 Å². The molecule has 0 aliphatic carbocycles. The summed E-state index contributed by atoms with van der Waals surface area (Å²) < 4.78 is 0. The van der Waals surface area contributed by atoms with Crippen LogP contribution in [0.15, 0.2) is 42.7 Å². The largest absolute Gasteiger partial charge is 0.392 e. The Labute approximate surface area is 157 Å². The Kier molecular flexibility index (Phi) is 4.76. The maximum atomic E-state index is 9.68. The first kappa shape index (κ1) is 17.2. The van der Waals surface area contributed by atoms with Crippen molar-refractivity contribution in [2.75, 3.05) is 18.4 Å². The van der Waals surface area contributed by atoms with Crippen LogP contribution in [0.2, 0.25) is 5.02 Å². The molecule has 3 aromatic rings. The summed E-state index contributed by atoms with van der Waals surface area (Å²) >= 11 is 6.39. The molecule has 0 spiro atoms. The molecule has 1 saturated heterocycles. The van der Waals surface area contributed by atoms with Crippen molar-refractivity contribution in [2.24, 2.45) is 0 Å². The summed E-state index contributed by atoms with van der Waals surface area (Å²) in [6, 6.07) is 9.98. The van der Waals surface area contributed by atoms with Gasteiger partial charge in [-0.05, 0) is 42.7 Å². The van der Waals surface area contributed by atoms with E-state index in [1.165, 1.54) is 0 Å². The van der Waals surface area contributed by atoms with E-state index in [1.807, 2.05) is 37.4 Å². The Hall–Kier alpha value is -2.21. The molecule has 2 N–H and O–H groups in total. The van der Waals surface area contributed by atoms with Crippen molar-refractivity contribution in [2.45, 2.75) is 26.0 Å². The number of aromatic nitrogens is 2. The van der Waals surface area contributed by atoms with Crippen molar-refractivity contribution < 1.29 is 5.11 Å². The Balaban J connectivity index is 1.61. The molecular formula is C20H21ClN4O. The summed E-state index contributed by atoms with van der Waals surface area (Å²) in [6.45, 7) is 4.43. The van der Waals surface area contributed by atoms with Crippen molar-refractivity contribution in [3.63, 3.8) is 0 Å². The molecule has 1 aliphatic heterocycles. The molecule has 2 aromatic heterocycles. The minimum Gasteiger partial charge on any atom is -0.392 e. The molecule has 0 bridgehead atoms. The van der Waals surface area contributed by atoms with Gasteiger partial charge in [0, 0.05) is 37.4 Å². The lowest BCUT2D eigenvalue weighted by Gasteiger charge is -2.15. The number of hydrogen-bond acceptors (Lipinski definition) is 5. The van der Waals surface area contributed by atoms with Crippen molar-refractivity contribution in [1.29, 1.82) is 0 Å². The highest BCUT2D eigenvalue weighted by atomic mass is 35.5. The zero-order valence-electron chi connectivity index (χ0n) is 14.6. The van der Waals surface area contributed by atoms with E-state index in [0.717, 1.165) is 53.8 Å². The van der Waals surface area contributed by atoms with E-state index >= 15 is 0 Å². The second-order valence-corrected chi connectivity index (χ2v) is 7.19. The third-order valence-electron chi connectivity index (χ3n) is 4.75. The molecule has 1 aliphatic rings. The molecule has 6 heteroatoms. The van der Waals surface area contributed by atoms with Crippen LogP contribution in [0.5, 0.6) is 0 Å². The highest BCUT2D eigenvalue weighted by molar-refractivity contribution is 6.34. The van der Waals surface area contributed by atoms with Crippen molar-refractivity contribution in [3.8, 4) is 0 Å². The number of pyridine rings is 2. The standard InChI is InChI=1S/C20H21ClN4O/c1-13-3-2-4-17(18(13)21)24-20-19-15(5-7-22-20)9-14(10-23-19)11-25-8-6-16(26)12-25/h2-5,7,9-10,16,26H,6,8,11-12H2,1H3,(H,22,24)/t16-/m1/s1. The lowest BCUT2D eigenvalue weighted by Crippen LogP contribution is -2.21. The number of nitrogens with one attached hydrogen (secondary N) is 1. The monoisotopic (exact) mass is 368 g/mol. The zero-order valence-corrected chi connectivity index (χ0v) is 15.4. The fourth-order valence-corrected chi connectivity index (χ4v) is 3.54. The number of benzene rings is 1. The number of aryl methyl sites for hydroxylation is 1. The normalized spacial score (nSPS) is 17.7. The van der Waals surface area contributed by atoms with E-state index in [9.17, 15) is 5.11 Å². The van der Waals surface area contributed by atoms with E-state index in [-0.39, 0.29) is 6.10 Å². The molecule has 0 radical (unpaired) electrons. The number of rotatable bonds is 4. The fraction of sp³-hybridized carbons (Fsp3) is 0.300. The lowest BCUT2D eigenvalue weighted by molar-refractivity contribution is 0.175.